The fraction of sp³-hybridized carbons (Fsp3) is 0.750. The maximum Gasteiger partial charge on any atom is 0.359 e. The minimum absolute atomic E-state index is 0.455. The quantitative estimate of drug-likeness (QED) is 0.469. The zero-order valence-electron chi connectivity index (χ0n) is 8.25. The van der Waals surface area contributed by atoms with E-state index in [-0.39, 0.29) is 0 Å². The molecule has 0 bridgehead atoms. The standard InChI is InChI=1S/C8H15NO4/c1-5(2)8(12,7(11)13-4)9-6(3)10/h5,12H,1-4H3,(H,9,10). The molecule has 5 nitrogen and oxygen atoms in total. The Labute approximate surface area is 77.1 Å². The van der Waals surface area contributed by atoms with Crippen LogP contribution in [0.1, 0.15) is 20.8 Å². The van der Waals surface area contributed by atoms with Crippen LogP contribution in [0.25, 0.3) is 0 Å². The normalized spacial score (nSPS) is 14.9. The smallest absolute Gasteiger partial charge is 0.359 e. The second kappa shape index (κ2) is 4.23. The van der Waals surface area contributed by atoms with Crippen LogP contribution in [0.15, 0.2) is 0 Å². The molecule has 0 radical (unpaired) electrons. The first-order valence-corrected chi connectivity index (χ1v) is 3.94. The first-order chi connectivity index (χ1) is 5.84. The van der Waals surface area contributed by atoms with E-state index in [1.54, 1.807) is 13.8 Å². The van der Waals surface area contributed by atoms with Crippen molar-refractivity contribution < 1.29 is 19.4 Å². The molecule has 0 aromatic heterocycles. The number of carbonyl (C=O) groups is 2. The van der Waals surface area contributed by atoms with Gasteiger partial charge in [-0.15, -0.1) is 0 Å². The zero-order valence-corrected chi connectivity index (χ0v) is 8.25. The van der Waals surface area contributed by atoms with E-state index in [0.717, 1.165) is 7.11 Å². The van der Waals surface area contributed by atoms with Gasteiger partial charge in [0.2, 0.25) is 11.6 Å². The summed E-state index contributed by atoms with van der Waals surface area (Å²) in [6, 6.07) is 0. The number of rotatable bonds is 3. The Morgan fingerprint density at radius 2 is 1.92 bits per heavy atom. The summed E-state index contributed by atoms with van der Waals surface area (Å²) >= 11 is 0. The van der Waals surface area contributed by atoms with Crippen molar-refractivity contribution in [1.29, 1.82) is 0 Å². The Morgan fingerprint density at radius 1 is 1.46 bits per heavy atom. The highest BCUT2D eigenvalue weighted by Gasteiger charge is 2.41. The van der Waals surface area contributed by atoms with Gasteiger partial charge in [0.1, 0.15) is 0 Å². The molecule has 0 aliphatic carbocycles. The molecule has 0 saturated carbocycles. The summed E-state index contributed by atoms with van der Waals surface area (Å²) in [5.41, 5.74) is -1.93. The third-order valence-corrected chi connectivity index (χ3v) is 1.70. The third kappa shape index (κ3) is 2.69. The number of hydrogen-bond acceptors (Lipinski definition) is 4. The molecule has 1 atom stereocenters. The van der Waals surface area contributed by atoms with Gasteiger partial charge in [-0.05, 0) is 0 Å². The summed E-state index contributed by atoms with van der Waals surface area (Å²) in [5, 5.41) is 11.9. The Hall–Kier alpha value is -1.10. The lowest BCUT2D eigenvalue weighted by Crippen LogP contribution is -2.58. The molecule has 0 aromatic rings. The van der Waals surface area contributed by atoms with Gasteiger partial charge in [-0.2, -0.15) is 0 Å². The number of hydrogen-bond donors (Lipinski definition) is 2. The molecule has 76 valence electrons. The van der Waals surface area contributed by atoms with E-state index in [1.807, 2.05) is 0 Å². The monoisotopic (exact) mass is 189 g/mol. The maximum atomic E-state index is 11.1. The highest BCUT2D eigenvalue weighted by atomic mass is 16.5. The SMILES string of the molecule is COC(=O)C(O)(NC(C)=O)C(C)C. The van der Waals surface area contributed by atoms with Crippen molar-refractivity contribution in [3.05, 3.63) is 0 Å². The number of carbonyl (C=O) groups excluding carboxylic acids is 2. The van der Waals surface area contributed by atoms with Crippen LogP contribution in [0.4, 0.5) is 0 Å². The average Bonchev–Trinajstić information content (AvgIpc) is 2.01. The first kappa shape index (κ1) is 11.9. The Morgan fingerprint density at radius 3 is 2.15 bits per heavy atom. The molecular formula is C8H15NO4. The zero-order chi connectivity index (χ0) is 10.6. The number of nitrogens with one attached hydrogen (secondary N) is 1. The fourth-order valence-electron chi connectivity index (χ4n) is 0.855. The van der Waals surface area contributed by atoms with Gasteiger partial charge < -0.3 is 15.2 Å². The first-order valence-electron chi connectivity index (χ1n) is 3.94. The topological polar surface area (TPSA) is 75.6 Å². The van der Waals surface area contributed by atoms with Crippen LogP contribution in [0.2, 0.25) is 0 Å². The molecule has 0 rings (SSSR count). The van der Waals surface area contributed by atoms with E-state index in [0.29, 0.717) is 0 Å². The van der Waals surface area contributed by atoms with E-state index in [9.17, 15) is 14.7 Å². The second-order valence-electron chi connectivity index (χ2n) is 3.09. The van der Waals surface area contributed by atoms with E-state index >= 15 is 0 Å². The summed E-state index contributed by atoms with van der Waals surface area (Å²) in [7, 11) is 1.15. The molecule has 1 unspecified atom stereocenters. The van der Waals surface area contributed by atoms with Crippen LogP contribution in [0, 0.1) is 5.92 Å². The molecule has 0 aliphatic heterocycles. The lowest BCUT2D eigenvalue weighted by molar-refractivity contribution is -0.174. The molecule has 0 heterocycles. The molecule has 0 spiro atoms. The van der Waals surface area contributed by atoms with E-state index in [1.165, 1.54) is 6.92 Å². The van der Waals surface area contributed by atoms with Gasteiger partial charge in [-0.3, -0.25) is 4.79 Å². The lowest BCUT2D eigenvalue weighted by atomic mass is 10.00. The van der Waals surface area contributed by atoms with Crippen molar-refractivity contribution in [2.45, 2.75) is 26.5 Å². The number of methoxy groups -OCH3 is 1. The van der Waals surface area contributed by atoms with Crippen molar-refractivity contribution in [3.63, 3.8) is 0 Å². The minimum atomic E-state index is -1.93. The second-order valence-corrected chi connectivity index (χ2v) is 3.09. The van der Waals surface area contributed by atoms with Crippen molar-refractivity contribution in [3.8, 4) is 0 Å². The van der Waals surface area contributed by atoms with Crippen molar-refractivity contribution in [1.82, 2.24) is 5.32 Å². The third-order valence-electron chi connectivity index (χ3n) is 1.70. The summed E-state index contributed by atoms with van der Waals surface area (Å²) in [6.07, 6.45) is 0. The molecule has 2 N–H and O–H groups in total. The van der Waals surface area contributed by atoms with Crippen molar-refractivity contribution in [2.24, 2.45) is 5.92 Å². The van der Waals surface area contributed by atoms with Gasteiger partial charge in [-0.1, -0.05) is 13.8 Å². The summed E-state index contributed by atoms with van der Waals surface area (Å²) in [4.78, 5) is 21.8. The van der Waals surface area contributed by atoms with Crippen LogP contribution < -0.4 is 5.32 Å². The van der Waals surface area contributed by atoms with Gasteiger partial charge in [0.05, 0.1) is 7.11 Å². The highest BCUT2D eigenvalue weighted by Crippen LogP contribution is 2.15. The largest absolute Gasteiger partial charge is 0.465 e. The lowest BCUT2D eigenvalue weighted by Gasteiger charge is -2.29. The van der Waals surface area contributed by atoms with Gasteiger partial charge in [0.15, 0.2) is 0 Å². The number of ether oxygens (including phenoxy) is 1. The molecule has 13 heavy (non-hydrogen) atoms. The van der Waals surface area contributed by atoms with E-state index in [2.05, 4.69) is 10.1 Å². The molecular weight excluding hydrogens is 174 g/mol. The highest BCUT2D eigenvalue weighted by molar-refractivity contribution is 5.85. The average molecular weight is 189 g/mol. The van der Waals surface area contributed by atoms with Crippen molar-refractivity contribution in [2.75, 3.05) is 7.11 Å². The summed E-state index contributed by atoms with van der Waals surface area (Å²) in [6.45, 7) is 4.43. The molecule has 0 saturated heterocycles. The number of esters is 1. The Balaban J connectivity index is 4.72. The van der Waals surface area contributed by atoms with Crippen LogP contribution in [-0.2, 0) is 14.3 Å². The van der Waals surface area contributed by atoms with E-state index in [4.69, 9.17) is 0 Å². The Kier molecular flexibility index (Phi) is 3.87. The molecule has 0 aliphatic rings. The van der Waals surface area contributed by atoms with Crippen LogP contribution in [-0.4, -0.2) is 29.8 Å². The predicted octanol–water partition coefficient (Wildman–Crippen LogP) is -0.360. The molecule has 0 fully saturated rings. The van der Waals surface area contributed by atoms with Crippen LogP contribution >= 0.6 is 0 Å². The summed E-state index contributed by atoms with van der Waals surface area (Å²) in [5.74, 6) is -1.80. The van der Waals surface area contributed by atoms with Gasteiger partial charge >= 0.3 is 5.97 Å². The maximum absolute atomic E-state index is 11.1. The molecule has 1 amide bonds. The van der Waals surface area contributed by atoms with Gasteiger partial charge in [0, 0.05) is 12.8 Å². The van der Waals surface area contributed by atoms with E-state index < -0.39 is 23.5 Å². The minimum Gasteiger partial charge on any atom is -0.465 e. The van der Waals surface area contributed by atoms with Crippen LogP contribution in [0.5, 0.6) is 0 Å². The van der Waals surface area contributed by atoms with Gasteiger partial charge in [-0.25, -0.2) is 4.79 Å². The summed E-state index contributed by atoms with van der Waals surface area (Å²) < 4.78 is 4.37. The number of aliphatic hydroxyl groups is 1. The molecule has 0 aromatic carbocycles. The predicted molar refractivity (Wildman–Crippen MR) is 45.6 cm³/mol. The molecule has 5 heteroatoms. The fourth-order valence-corrected chi connectivity index (χ4v) is 0.855. The van der Waals surface area contributed by atoms with Crippen LogP contribution in [0.3, 0.4) is 0 Å². The van der Waals surface area contributed by atoms with Gasteiger partial charge in [0.25, 0.3) is 0 Å². The van der Waals surface area contributed by atoms with Crippen molar-refractivity contribution >= 4 is 11.9 Å². The number of amides is 1. The Bertz CT molecular complexity index is 214.